The maximum atomic E-state index is 12.4. The monoisotopic (exact) mass is 414 g/mol. The van der Waals surface area contributed by atoms with E-state index in [2.05, 4.69) is 4.74 Å². The van der Waals surface area contributed by atoms with Crippen LogP contribution in [0.15, 0.2) is 24.3 Å². The van der Waals surface area contributed by atoms with Gasteiger partial charge >= 0.3 is 18.1 Å². The fraction of sp³-hybridized carbons (Fsp3) is 0.650. The zero-order chi connectivity index (χ0) is 21.5. The highest BCUT2D eigenvalue weighted by molar-refractivity contribution is 6.00. The highest BCUT2D eigenvalue weighted by Gasteiger charge is 2.46. The van der Waals surface area contributed by atoms with Gasteiger partial charge in [-0.25, -0.2) is 4.79 Å². The first-order valence-corrected chi connectivity index (χ1v) is 9.41. The van der Waals surface area contributed by atoms with Crippen molar-refractivity contribution in [3.05, 3.63) is 24.3 Å². The van der Waals surface area contributed by atoms with E-state index in [0.29, 0.717) is 13.2 Å². The Hall–Kier alpha value is -2.39. The Morgan fingerprint density at radius 1 is 0.897 bits per heavy atom. The van der Waals surface area contributed by atoms with Crippen molar-refractivity contribution in [2.24, 2.45) is 5.41 Å². The zero-order valence-electron chi connectivity index (χ0n) is 17.2. The molecule has 1 rings (SSSR count). The van der Waals surface area contributed by atoms with Crippen molar-refractivity contribution in [1.29, 1.82) is 0 Å². The molecule has 1 atom stereocenters. The highest BCUT2D eigenvalue weighted by atomic mass is 16.7. The Kier molecular flexibility index (Phi) is 11.7. The van der Waals surface area contributed by atoms with Gasteiger partial charge in [0.1, 0.15) is 6.61 Å². The van der Waals surface area contributed by atoms with Crippen LogP contribution in [-0.2, 0) is 38.0 Å². The van der Waals surface area contributed by atoms with E-state index < -0.39 is 23.5 Å². The van der Waals surface area contributed by atoms with E-state index in [1.54, 1.807) is 18.2 Å². The first kappa shape index (κ1) is 24.6. The summed E-state index contributed by atoms with van der Waals surface area (Å²) in [5, 5.41) is 0. The van der Waals surface area contributed by atoms with Crippen LogP contribution in [0.4, 0.5) is 4.79 Å². The molecule has 0 aromatic carbocycles. The molecule has 9 heteroatoms. The van der Waals surface area contributed by atoms with Gasteiger partial charge in [-0.05, 0) is 32.1 Å². The second-order valence-corrected chi connectivity index (χ2v) is 6.31. The van der Waals surface area contributed by atoms with Crippen LogP contribution in [0.2, 0.25) is 0 Å². The molecular weight excluding hydrogens is 384 g/mol. The minimum Gasteiger partial charge on any atom is -0.468 e. The molecule has 164 valence electrons. The number of esters is 2. The van der Waals surface area contributed by atoms with Crippen LogP contribution in [0.25, 0.3) is 0 Å². The van der Waals surface area contributed by atoms with Gasteiger partial charge in [0.2, 0.25) is 0 Å². The van der Waals surface area contributed by atoms with E-state index in [0.717, 1.165) is 19.3 Å². The van der Waals surface area contributed by atoms with Gasteiger partial charge in [-0.2, -0.15) is 0 Å². The third kappa shape index (κ3) is 8.25. The number of carbonyl (C=O) groups excluding carboxylic acids is 3. The van der Waals surface area contributed by atoms with Crippen LogP contribution in [-0.4, -0.2) is 65.5 Å². The number of ether oxygens (including phenoxy) is 6. The van der Waals surface area contributed by atoms with E-state index in [9.17, 15) is 14.4 Å². The first-order valence-electron chi connectivity index (χ1n) is 9.41. The van der Waals surface area contributed by atoms with Crippen molar-refractivity contribution in [2.75, 3.05) is 41.2 Å². The van der Waals surface area contributed by atoms with Crippen LogP contribution in [0.5, 0.6) is 0 Å². The predicted octanol–water partition coefficient (Wildman–Crippen LogP) is 2.54. The topological polar surface area (TPSA) is 107 Å². The normalized spacial score (nSPS) is 17.3. The zero-order valence-corrected chi connectivity index (χ0v) is 17.2. The average molecular weight is 414 g/mol. The second-order valence-electron chi connectivity index (χ2n) is 6.31. The lowest BCUT2D eigenvalue weighted by Crippen LogP contribution is -2.40. The number of carbonyl (C=O) groups is 3. The summed E-state index contributed by atoms with van der Waals surface area (Å²) in [6.45, 7) is 0.927. The third-order valence-electron chi connectivity index (χ3n) is 4.40. The fourth-order valence-electron chi connectivity index (χ4n) is 2.78. The van der Waals surface area contributed by atoms with Crippen molar-refractivity contribution in [1.82, 2.24) is 0 Å². The molecule has 0 radical (unpaired) electrons. The number of methoxy groups -OCH3 is 3. The highest BCUT2D eigenvalue weighted by Crippen LogP contribution is 2.31. The number of allylic oxidation sites excluding steroid dienone is 2. The summed E-state index contributed by atoms with van der Waals surface area (Å²) in [5.74, 6) is -1.44. The molecule has 9 nitrogen and oxygen atoms in total. The van der Waals surface area contributed by atoms with E-state index in [-0.39, 0.29) is 25.7 Å². The molecule has 1 saturated heterocycles. The number of rotatable bonds is 11. The summed E-state index contributed by atoms with van der Waals surface area (Å²) in [6, 6.07) is 0. The molecule has 1 fully saturated rings. The van der Waals surface area contributed by atoms with Crippen LogP contribution >= 0.6 is 0 Å². The average Bonchev–Trinajstić information content (AvgIpc) is 2.76. The maximum absolute atomic E-state index is 12.4. The summed E-state index contributed by atoms with van der Waals surface area (Å²) < 4.78 is 29.8. The molecule has 0 N–H and O–H groups in total. The molecule has 0 aromatic rings. The molecule has 0 aromatic heterocycles. The molecular formula is C20H30O9. The quantitative estimate of drug-likeness (QED) is 0.218. The molecule has 0 amide bonds. The summed E-state index contributed by atoms with van der Waals surface area (Å²) >= 11 is 0. The van der Waals surface area contributed by atoms with Crippen LogP contribution in [0, 0.1) is 5.41 Å². The summed E-state index contributed by atoms with van der Waals surface area (Å²) in [4.78, 5) is 35.8. The third-order valence-corrected chi connectivity index (χ3v) is 4.40. The molecule has 1 unspecified atom stereocenters. The van der Waals surface area contributed by atoms with E-state index in [1.807, 2.05) is 0 Å². The molecule has 29 heavy (non-hydrogen) atoms. The van der Waals surface area contributed by atoms with Crippen LogP contribution in [0.3, 0.4) is 0 Å². The summed E-state index contributed by atoms with van der Waals surface area (Å²) in [5.41, 5.74) is -1.55. The standard InChI is InChI=1S/C20H30O9/c1-24-17(21)20(18(22)25-2,12-6-9-15-29-19(23)26-3)11-5-8-14-28-16-10-4-7-13-27-16/h5-6,8-9,16H,4,7,10-15H2,1-3H3/b8-5+,9-6-. The van der Waals surface area contributed by atoms with Gasteiger partial charge in [0, 0.05) is 6.61 Å². The lowest BCUT2D eigenvalue weighted by Gasteiger charge is -2.26. The second kappa shape index (κ2) is 13.7. The molecule has 0 aliphatic carbocycles. The predicted molar refractivity (Wildman–Crippen MR) is 102 cm³/mol. The Labute approximate surface area is 170 Å². The minimum atomic E-state index is -1.55. The first-order chi connectivity index (χ1) is 14.0. The van der Waals surface area contributed by atoms with Gasteiger partial charge in [-0.1, -0.05) is 24.3 Å². The Morgan fingerprint density at radius 2 is 1.52 bits per heavy atom. The van der Waals surface area contributed by atoms with Crippen LogP contribution < -0.4 is 0 Å². The summed E-state index contributed by atoms with van der Waals surface area (Å²) in [7, 11) is 3.61. The molecule has 0 bridgehead atoms. The smallest absolute Gasteiger partial charge is 0.468 e. The molecule has 1 aliphatic heterocycles. The van der Waals surface area contributed by atoms with Gasteiger partial charge in [0.05, 0.1) is 27.9 Å². The van der Waals surface area contributed by atoms with Gasteiger partial charge < -0.3 is 28.4 Å². The van der Waals surface area contributed by atoms with Gasteiger partial charge in [-0.3, -0.25) is 9.59 Å². The fourth-order valence-corrected chi connectivity index (χ4v) is 2.78. The molecule has 1 heterocycles. The van der Waals surface area contributed by atoms with Crippen molar-refractivity contribution < 1.29 is 42.8 Å². The SMILES string of the molecule is COC(=O)OC/C=C\CC(C/C=C/COC1CCCCO1)(C(=O)OC)C(=O)OC. The van der Waals surface area contributed by atoms with E-state index in [1.165, 1.54) is 27.4 Å². The maximum Gasteiger partial charge on any atom is 0.508 e. The molecule has 0 saturated carbocycles. The van der Waals surface area contributed by atoms with E-state index in [4.69, 9.17) is 23.7 Å². The van der Waals surface area contributed by atoms with Gasteiger partial charge in [-0.15, -0.1) is 0 Å². The Bertz CT molecular complexity index is 561. The number of hydrogen-bond acceptors (Lipinski definition) is 9. The molecule has 0 spiro atoms. The van der Waals surface area contributed by atoms with Crippen molar-refractivity contribution >= 4 is 18.1 Å². The Morgan fingerprint density at radius 3 is 2.03 bits per heavy atom. The Balaban J connectivity index is 2.71. The van der Waals surface area contributed by atoms with Gasteiger partial charge in [0.15, 0.2) is 11.7 Å². The van der Waals surface area contributed by atoms with Crippen molar-refractivity contribution in [2.45, 2.75) is 38.4 Å². The largest absolute Gasteiger partial charge is 0.508 e. The lowest BCUT2D eigenvalue weighted by molar-refractivity contribution is -0.168. The van der Waals surface area contributed by atoms with Crippen molar-refractivity contribution in [3.63, 3.8) is 0 Å². The van der Waals surface area contributed by atoms with E-state index >= 15 is 0 Å². The number of hydrogen-bond donors (Lipinski definition) is 0. The van der Waals surface area contributed by atoms with Crippen molar-refractivity contribution in [3.8, 4) is 0 Å². The van der Waals surface area contributed by atoms with Crippen LogP contribution in [0.1, 0.15) is 32.1 Å². The van der Waals surface area contributed by atoms with Gasteiger partial charge in [0.25, 0.3) is 0 Å². The minimum absolute atomic E-state index is 0.00775. The summed E-state index contributed by atoms with van der Waals surface area (Å²) in [6.07, 6.45) is 8.42. The molecule has 1 aliphatic rings. The lowest BCUT2D eigenvalue weighted by atomic mass is 9.80.